The Bertz CT molecular complexity index is 266. The third-order valence-corrected chi connectivity index (χ3v) is 2.52. The second-order valence-electron chi connectivity index (χ2n) is 3.85. The average Bonchev–Trinajstić information content (AvgIpc) is 2.27. The van der Waals surface area contributed by atoms with E-state index in [0.717, 1.165) is 26.2 Å². The normalized spacial score (nSPS) is 10.0. The van der Waals surface area contributed by atoms with E-state index >= 15 is 0 Å². The molecule has 0 aliphatic heterocycles. The van der Waals surface area contributed by atoms with Crippen LogP contribution in [0.4, 0.5) is 5.69 Å². The molecular weight excluding hydrogens is 222 g/mol. The maximum atomic E-state index is 5.49. The van der Waals surface area contributed by atoms with Gasteiger partial charge in [0.15, 0.2) is 0 Å². The van der Waals surface area contributed by atoms with E-state index in [0.29, 0.717) is 0 Å². The number of benzene rings is 1. The number of halogens is 1. The van der Waals surface area contributed by atoms with Gasteiger partial charge >= 0.3 is 0 Å². The molecular formula is C12H22ClN3. The molecule has 0 spiro atoms. The quantitative estimate of drug-likeness (QED) is 0.821. The standard InChI is InChI=1S/C12H21N3.ClH/c1-14(9-8-13)10-11-15(2)12-6-4-3-5-7-12;/h3-7H,8-11,13H2,1-2H3;1H. The molecule has 0 saturated carbocycles. The zero-order valence-electron chi connectivity index (χ0n) is 10.1. The lowest BCUT2D eigenvalue weighted by atomic mass is 10.3. The molecule has 4 heteroatoms. The Kier molecular flexibility index (Phi) is 7.99. The van der Waals surface area contributed by atoms with Gasteiger partial charge in [-0.1, -0.05) is 18.2 Å². The fourth-order valence-corrected chi connectivity index (χ4v) is 1.46. The molecule has 0 radical (unpaired) electrons. The topological polar surface area (TPSA) is 32.5 Å². The van der Waals surface area contributed by atoms with E-state index in [-0.39, 0.29) is 12.4 Å². The molecule has 16 heavy (non-hydrogen) atoms. The van der Waals surface area contributed by atoms with Crippen molar-refractivity contribution in [1.82, 2.24) is 4.90 Å². The molecule has 0 amide bonds. The van der Waals surface area contributed by atoms with Gasteiger partial charge in [-0.25, -0.2) is 0 Å². The molecule has 0 aliphatic rings. The first kappa shape index (κ1) is 15.2. The molecule has 0 fully saturated rings. The fraction of sp³-hybridized carbons (Fsp3) is 0.500. The van der Waals surface area contributed by atoms with Gasteiger partial charge < -0.3 is 15.5 Å². The summed E-state index contributed by atoms with van der Waals surface area (Å²) in [4.78, 5) is 4.51. The van der Waals surface area contributed by atoms with Gasteiger partial charge in [0.25, 0.3) is 0 Å². The van der Waals surface area contributed by atoms with Crippen molar-refractivity contribution in [2.24, 2.45) is 5.73 Å². The smallest absolute Gasteiger partial charge is 0.0364 e. The van der Waals surface area contributed by atoms with Crippen LogP contribution < -0.4 is 10.6 Å². The summed E-state index contributed by atoms with van der Waals surface area (Å²) >= 11 is 0. The maximum absolute atomic E-state index is 5.49. The molecule has 0 heterocycles. The largest absolute Gasteiger partial charge is 0.373 e. The molecule has 2 N–H and O–H groups in total. The highest BCUT2D eigenvalue weighted by Crippen LogP contribution is 2.09. The molecule has 1 aromatic rings. The Hall–Kier alpha value is -0.770. The van der Waals surface area contributed by atoms with Gasteiger partial charge in [-0.15, -0.1) is 12.4 Å². The summed E-state index contributed by atoms with van der Waals surface area (Å²) in [7, 11) is 4.22. The highest BCUT2D eigenvalue weighted by molar-refractivity contribution is 5.85. The lowest BCUT2D eigenvalue weighted by Crippen LogP contribution is -2.33. The molecule has 1 aromatic carbocycles. The summed E-state index contributed by atoms with van der Waals surface area (Å²) in [6.45, 7) is 3.76. The highest BCUT2D eigenvalue weighted by atomic mass is 35.5. The van der Waals surface area contributed by atoms with E-state index in [1.54, 1.807) is 0 Å². The number of hydrogen-bond donors (Lipinski definition) is 1. The van der Waals surface area contributed by atoms with Gasteiger partial charge in [0.2, 0.25) is 0 Å². The molecule has 0 atom stereocenters. The Morgan fingerprint density at radius 2 is 1.62 bits per heavy atom. The van der Waals surface area contributed by atoms with Crippen LogP contribution in [0.15, 0.2) is 30.3 Å². The van der Waals surface area contributed by atoms with Crippen LogP contribution in [0.25, 0.3) is 0 Å². The summed E-state index contributed by atoms with van der Waals surface area (Å²) in [5, 5.41) is 0. The molecule has 0 aromatic heterocycles. The Labute approximate surface area is 105 Å². The maximum Gasteiger partial charge on any atom is 0.0364 e. The highest BCUT2D eigenvalue weighted by Gasteiger charge is 2.01. The van der Waals surface area contributed by atoms with Crippen LogP contribution in [-0.4, -0.2) is 45.2 Å². The minimum Gasteiger partial charge on any atom is -0.373 e. The molecule has 0 bridgehead atoms. The average molecular weight is 244 g/mol. The molecule has 0 unspecified atom stereocenters. The van der Waals surface area contributed by atoms with Crippen LogP contribution in [0, 0.1) is 0 Å². The fourth-order valence-electron chi connectivity index (χ4n) is 1.46. The van der Waals surface area contributed by atoms with E-state index in [4.69, 9.17) is 5.73 Å². The first-order chi connectivity index (χ1) is 7.24. The van der Waals surface area contributed by atoms with Gasteiger partial charge in [0, 0.05) is 38.9 Å². The van der Waals surface area contributed by atoms with Crippen LogP contribution >= 0.6 is 12.4 Å². The van der Waals surface area contributed by atoms with Gasteiger partial charge in [-0.3, -0.25) is 0 Å². The number of nitrogens with zero attached hydrogens (tertiary/aromatic N) is 2. The number of nitrogens with two attached hydrogens (primary N) is 1. The van der Waals surface area contributed by atoms with Crippen LogP contribution in [0.2, 0.25) is 0 Å². The zero-order chi connectivity index (χ0) is 11.1. The van der Waals surface area contributed by atoms with Crippen LogP contribution in [0.5, 0.6) is 0 Å². The van der Waals surface area contributed by atoms with Crippen LogP contribution in [0.1, 0.15) is 0 Å². The van der Waals surface area contributed by atoms with Crippen molar-refractivity contribution in [3.8, 4) is 0 Å². The number of anilines is 1. The SMILES string of the molecule is CN(CCN)CCN(C)c1ccccc1.Cl. The van der Waals surface area contributed by atoms with E-state index in [1.165, 1.54) is 5.69 Å². The van der Waals surface area contributed by atoms with Gasteiger partial charge in [0.1, 0.15) is 0 Å². The molecule has 0 saturated heterocycles. The Morgan fingerprint density at radius 3 is 2.19 bits per heavy atom. The van der Waals surface area contributed by atoms with E-state index in [9.17, 15) is 0 Å². The molecule has 3 nitrogen and oxygen atoms in total. The first-order valence-corrected chi connectivity index (χ1v) is 5.39. The first-order valence-electron chi connectivity index (χ1n) is 5.39. The Morgan fingerprint density at radius 1 is 1.00 bits per heavy atom. The van der Waals surface area contributed by atoms with Crippen LogP contribution in [-0.2, 0) is 0 Å². The van der Waals surface area contributed by atoms with Crippen molar-refractivity contribution in [3.05, 3.63) is 30.3 Å². The predicted octanol–water partition coefficient (Wildman–Crippen LogP) is 1.44. The third-order valence-electron chi connectivity index (χ3n) is 2.52. The number of hydrogen-bond acceptors (Lipinski definition) is 3. The van der Waals surface area contributed by atoms with Gasteiger partial charge in [-0.2, -0.15) is 0 Å². The lowest BCUT2D eigenvalue weighted by Gasteiger charge is -2.23. The van der Waals surface area contributed by atoms with Crippen LogP contribution in [0.3, 0.4) is 0 Å². The lowest BCUT2D eigenvalue weighted by molar-refractivity contribution is 0.351. The summed E-state index contributed by atoms with van der Waals surface area (Å²) < 4.78 is 0. The van der Waals surface area contributed by atoms with E-state index < -0.39 is 0 Å². The van der Waals surface area contributed by atoms with Crippen molar-refractivity contribution < 1.29 is 0 Å². The van der Waals surface area contributed by atoms with Crippen molar-refractivity contribution in [2.75, 3.05) is 45.2 Å². The summed E-state index contributed by atoms with van der Waals surface area (Å²) in [5.41, 5.74) is 6.75. The monoisotopic (exact) mass is 243 g/mol. The molecule has 1 rings (SSSR count). The minimum atomic E-state index is 0. The third kappa shape index (κ3) is 5.35. The van der Waals surface area contributed by atoms with Gasteiger partial charge in [0.05, 0.1) is 0 Å². The second kappa shape index (κ2) is 8.39. The summed E-state index contributed by atoms with van der Waals surface area (Å²) in [6, 6.07) is 10.4. The zero-order valence-corrected chi connectivity index (χ0v) is 10.9. The van der Waals surface area contributed by atoms with Crippen molar-refractivity contribution in [1.29, 1.82) is 0 Å². The second-order valence-corrected chi connectivity index (χ2v) is 3.85. The molecule has 0 aliphatic carbocycles. The number of likely N-dealkylation sites (N-methyl/N-ethyl adjacent to an activating group) is 2. The summed E-state index contributed by atoms with van der Waals surface area (Å²) in [6.07, 6.45) is 0. The van der Waals surface area contributed by atoms with Crippen molar-refractivity contribution in [3.63, 3.8) is 0 Å². The summed E-state index contributed by atoms with van der Waals surface area (Å²) in [5.74, 6) is 0. The number of rotatable bonds is 6. The molecule has 92 valence electrons. The minimum absolute atomic E-state index is 0. The predicted molar refractivity (Wildman–Crippen MR) is 73.5 cm³/mol. The van der Waals surface area contributed by atoms with Crippen molar-refractivity contribution >= 4 is 18.1 Å². The van der Waals surface area contributed by atoms with E-state index in [2.05, 4.69) is 48.2 Å². The Balaban J connectivity index is 0.00000225. The number of para-hydroxylation sites is 1. The van der Waals surface area contributed by atoms with Crippen molar-refractivity contribution in [2.45, 2.75) is 0 Å². The van der Waals surface area contributed by atoms with Gasteiger partial charge in [-0.05, 0) is 19.2 Å². The van der Waals surface area contributed by atoms with E-state index in [1.807, 2.05) is 6.07 Å².